The summed E-state index contributed by atoms with van der Waals surface area (Å²) >= 11 is 0. The number of ether oxygens (including phenoxy) is 1. The lowest BCUT2D eigenvalue weighted by Gasteiger charge is -2.08. The van der Waals surface area contributed by atoms with Gasteiger partial charge in [-0.15, -0.1) is 0 Å². The maximum absolute atomic E-state index is 12.0. The van der Waals surface area contributed by atoms with Crippen molar-refractivity contribution in [3.63, 3.8) is 0 Å². The minimum absolute atomic E-state index is 0.176. The summed E-state index contributed by atoms with van der Waals surface area (Å²) in [6.07, 6.45) is 28.2. The van der Waals surface area contributed by atoms with Crippen LogP contribution >= 0.6 is 0 Å². The highest BCUT2D eigenvalue weighted by atomic mass is 16.5. The van der Waals surface area contributed by atoms with E-state index in [9.17, 15) is 9.59 Å². The van der Waals surface area contributed by atoms with Crippen LogP contribution in [0.5, 0.6) is 0 Å². The van der Waals surface area contributed by atoms with Crippen molar-refractivity contribution in [1.82, 2.24) is 0 Å². The van der Waals surface area contributed by atoms with Crippen LogP contribution in [-0.2, 0) is 14.3 Å². The predicted molar refractivity (Wildman–Crippen MR) is 155 cm³/mol. The zero-order valence-electron chi connectivity index (χ0n) is 24.3. The summed E-state index contributed by atoms with van der Waals surface area (Å²) in [7, 11) is 0. The second-order valence-electron chi connectivity index (χ2n) is 10.6. The van der Waals surface area contributed by atoms with Gasteiger partial charge in [0, 0.05) is 11.6 Å². The van der Waals surface area contributed by atoms with Crippen LogP contribution in [0.2, 0.25) is 0 Å². The topological polar surface area (TPSA) is 63.6 Å². The van der Waals surface area contributed by atoms with Gasteiger partial charge in [-0.3, -0.25) is 0 Å². The highest BCUT2D eigenvalue weighted by Gasteiger charge is 2.08. The smallest absolute Gasteiger partial charge is 0.333 e. The molecule has 212 valence electrons. The molecule has 0 aliphatic rings. The number of carbonyl (C=O) groups excluding carboxylic acids is 1. The molecule has 0 aliphatic carbocycles. The number of hydrogen-bond acceptors (Lipinski definition) is 3. The summed E-state index contributed by atoms with van der Waals surface area (Å²) in [4.78, 5) is 21.2. The zero-order valence-corrected chi connectivity index (χ0v) is 24.3. The van der Waals surface area contributed by atoms with Gasteiger partial charge < -0.3 is 9.84 Å². The molecule has 0 radical (unpaired) electrons. The number of aliphatic carboxylic acids is 1. The molecule has 0 aliphatic heterocycles. The Kier molecular flexibility index (Phi) is 30.1. The highest BCUT2D eigenvalue weighted by Crippen LogP contribution is 2.15. The first kappa shape index (κ1) is 36.6. The van der Waals surface area contributed by atoms with Crippen LogP contribution in [0, 0.1) is 5.92 Å². The average Bonchev–Trinajstić information content (AvgIpc) is 2.85. The molecule has 4 heteroatoms. The van der Waals surface area contributed by atoms with Gasteiger partial charge in [-0.2, -0.15) is 0 Å². The fourth-order valence-corrected chi connectivity index (χ4v) is 4.09. The summed E-state index contributed by atoms with van der Waals surface area (Å²) in [5.74, 6) is -0.392. The van der Waals surface area contributed by atoms with Crippen LogP contribution in [0.1, 0.15) is 156 Å². The quantitative estimate of drug-likeness (QED) is 0.0756. The van der Waals surface area contributed by atoms with Gasteiger partial charge in [0.2, 0.25) is 0 Å². The number of hydrogen-bond donors (Lipinski definition) is 1. The number of unbranched alkanes of at least 4 members (excludes halogenated alkanes) is 17. The van der Waals surface area contributed by atoms with Crippen LogP contribution in [0.15, 0.2) is 24.8 Å². The maximum atomic E-state index is 12.0. The van der Waals surface area contributed by atoms with E-state index in [4.69, 9.17) is 9.84 Å². The van der Waals surface area contributed by atoms with Crippen LogP contribution in [0.4, 0.5) is 0 Å². The van der Waals surface area contributed by atoms with E-state index in [0.717, 1.165) is 37.7 Å². The van der Waals surface area contributed by atoms with Gasteiger partial charge in [-0.1, -0.05) is 150 Å². The van der Waals surface area contributed by atoms with Gasteiger partial charge in [-0.05, 0) is 25.2 Å². The SMILES string of the molecule is C=C(CCCCCCCCCCCCCCCCCC)C(=O)OCCCCCC(C)C.C=CC(=O)O. The molecule has 0 unspecified atom stereocenters. The molecule has 0 spiro atoms. The molecule has 4 nitrogen and oxygen atoms in total. The molecule has 0 aromatic rings. The van der Waals surface area contributed by atoms with E-state index in [1.807, 2.05) is 0 Å². The molecule has 0 amide bonds. The lowest BCUT2D eigenvalue weighted by Crippen LogP contribution is -2.08. The molecule has 0 saturated carbocycles. The Morgan fingerprint density at radius 3 is 1.50 bits per heavy atom. The van der Waals surface area contributed by atoms with E-state index in [2.05, 4.69) is 33.9 Å². The molecule has 0 aromatic heterocycles. The fraction of sp³-hybridized carbons (Fsp3) is 0.812. The Labute approximate surface area is 224 Å². The molecule has 0 saturated heterocycles. The van der Waals surface area contributed by atoms with Gasteiger partial charge in [0.15, 0.2) is 0 Å². The summed E-state index contributed by atoms with van der Waals surface area (Å²) < 4.78 is 5.35. The van der Waals surface area contributed by atoms with E-state index in [1.165, 1.54) is 109 Å². The summed E-state index contributed by atoms with van der Waals surface area (Å²) in [5, 5.41) is 7.60. The molecule has 0 bridgehead atoms. The van der Waals surface area contributed by atoms with Gasteiger partial charge in [-0.25, -0.2) is 9.59 Å². The summed E-state index contributed by atoms with van der Waals surface area (Å²) in [6.45, 7) is 14.2. The summed E-state index contributed by atoms with van der Waals surface area (Å²) in [5.41, 5.74) is 0.660. The third-order valence-corrected chi connectivity index (χ3v) is 6.45. The van der Waals surface area contributed by atoms with Crippen molar-refractivity contribution in [3.05, 3.63) is 24.8 Å². The molecule has 1 N–H and O–H groups in total. The molecule has 0 aromatic carbocycles. The van der Waals surface area contributed by atoms with Crippen molar-refractivity contribution < 1.29 is 19.4 Å². The van der Waals surface area contributed by atoms with Crippen molar-refractivity contribution in [3.8, 4) is 0 Å². The normalized spacial score (nSPS) is 10.6. The minimum Gasteiger partial charge on any atom is -0.478 e. The maximum Gasteiger partial charge on any atom is 0.333 e. The molecule has 0 atom stereocenters. The predicted octanol–water partition coefficient (Wildman–Crippen LogP) is 10.2. The van der Waals surface area contributed by atoms with Crippen molar-refractivity contribution in [2.45, 2.75) is 156 Å². The number of carboxylic acids is 1. The molecule has 0 rings (SSSR count). The third kappa shape index (κ3) is 32.4. The first-order chi connectivity index (χ1) is 17.3. The van der Waals surface area contributed by atoms with Gasteiger partial charge in [0.25, 0.3) is 0 Å². The lowest BCUT2D eigenvalue weighted by molar-refractivity contribution is -0.139. The van der Waals surface area contributed by atoms with Crippen LogP contribution in [0.3, 0.4) is 0 Å². The Hall–Kier alpha value is -1.58. The molecular formula is C32H60O4. The van der Waals surface area contributed by atoms with E-state index < -0.39 is 5.97 Å². The second kappa shape index (κ2) is 29.6. The Bertz CT molecular complexity index is 524. The first-order valence-corrected chi connectivity index (χ1v) is 15.0. The van der Waals surface area contributed by atoms with Crippen molar-refractivity contribution in [2.75, 3.05) is 6.61 Å². The largest absolute Gasteiger partial charge is 0.478 e. The van der Waals surface area contributed by atoms with Crippen LogP contribution in [-0.4, -0.2) is 23.7 Å². The average molecular weight is 509 g/mol. The number of rotatable bonds is 25. The number of esters is 1. The molecule has 0 heterocycles. The Balaban J connectivity index is 0. The van der Waals surface area contributed by atoms with Crippen LogP contribution in [0.25, 0.3) is 0 Å². The molecule has 0 fully saturated rings. The molecular weight excluding hydrogens is 448 g/mol. The fourth-order valence-electron chi connectivity index (χ4n) is 4.09. The number of carboxylic acid groups (broad SMARTS) is 1. The first-order valence-electron chi connectivity index (χ1n) is 15.0. The van der Waals surface area contributed by atoms with Crippen molar-refractivity contribution in [1.29, 1.82) is 0 Å². The van der Waals surface area contributed by atoms with Gasteiger partial charge >= 0.3 is 11.9 Å². The second-order valence-corrected chi connectivity index (χ2v) is 10.6. The van der Waals surface area contributed by atoms with E-state index in [-0.39, 0.29) is 5.97 Å². The van der Waals surface area contributed by atoms with Crippen LogP contribution < -0.4 is 0 Å². The van der Waals surface area contributed by atoms with E-state index in [0.29, 0.717) is 12.2 Å². The third-order valence-electron chi connectivity index (χ3n) is 6.45. The van der Waals surface area contributed by atoms with Crippen molar-refractivity contribution >= 4 is 11.9 Å². The van der Waals surface area contributed by atoms with E-state index in [1.54, 1.807) is 0 Å². The van der Waals surface area contributed by atoms with Gasteiger partial charge in [0.05, 0.1) is 6.61 Å². The molecule has 36 heavy (non-hydrogen) atoms. The standard InChI is InChI=1S/C29H56O2.C3H4O2/c1-5-6-7-8-9-10-11-12-13-14-15-16-17-18-19-22-25-28(4)29(30)31-26-23-20-21-24-27(2)3;1-2-3(4)5/h27H,4-26H2,1-3H3;2H,1H2,(H,4,5). The Morgan fingerprint density at radius 1 is 0.722 bits per heavy atom. The van der Waals surface area contributed by atoms with E-state index >= 15 is 0 Å². The number of carbonyl (C=O) groups is 2. The monoisotopic (exact) mass is 508 g/mol. The lowest BCUT2D eigenvalue weighted by atomic mass is 10.0. The van der Waals surface area contributed by atoms with Gasteiger partial charge in [0.1, 0.15) is 0 Å². The zero-order chi connectivity index (χ0) is 27.3. The minimum atomic E-state index is -0.981. The Morgan fingerprint density at radius 2 is 1.11 bits per heavy atom. The highest BCUT2D eigenvalue weighted by molar-refractivity contribution is 5.87. The van der Waals surface area contributed by atoms with Crippen molar-refractivity contribution in [2.24, 2.45) is 5.92 Å². The summed E-state index contributed by atoms with van der Waals surface area (Å²) in [6, 6.07) is 0.